The second-order valence-corrected chi connectivity index (χ2v) is 12.0. The van der Waals surface area contributed by atoms with Crippen LogP contribution in [0.25, 0.3) is 6.08 Å². The maximum absolute atomic E-state index is 12.7. The van der Waals surface area contributed by atoms with E-state index < -0.39 is 5.97 Å². The lowest BCUT2D eigenvalue weighted by Crippen LogP contribution is -2.29. The summed E-state index contributed by atoms with van der Waals surface area (Å²) < 4.78 is 2.53. The van der Waals surface area contributed by atoms with Crippen LogP contribution in [-0.2, 0) is 9.59 Å². The average molecular weight is 487 g/mol. The van der Waals surface area contributed by atoms with Gasteiger partial charge in [0.25, 0.3) is 5.91 Å². The lowest BCUT2D eigenvalue weighted by atomic mass is 9.81. The van der Waals surface area contributed by atoms with Crippen LogP contribution in [0.5, 0.6) is 0 Å². The number of thiocarbonyl (C=S) groups is 1. The molecule has 2 aliphatic heterocycles. The van der Waals surface area contributed by atoms with Gasteiger partial charge in [0.2, 0.25) is 0 Å². The molecule has 176 valence electrons. The minimum Gasteiger partial charge on any atom is -0.481 e. The van der Waals surface area contributed by atoms with E-state index in [0.717, 1.165) is 11.1 Å². The topological polar surface area (TPSA) is 73.0 Å². The summed E-state index contributed by atoms with van der Waals surface area (Å²) in [4.78, 5) is 25.5. The number of amides is 1. The Morgan fingerprint density at radius 1 is 1.21 bits per heavy atom. The molecule has 1 unspecified atom stereocenters. The van der Waals surface area contributed by atoms with Crippen LogP contribution in [0.4, 0.5) is 0 Å². The molecule has 0 radical (unpaired) electrons. The molecule has 1 amide bonds. The predicted molar refractivity (Wildman–Crippen MR) is 136 cm³/mol. The van der Waals surface area contributed by atoms with Crippen LogP contribution in [0, 0.1) is 5.41 Å². The van der Waals surface area contributed by atoms with Crippen molar-refractivity contribution >= 4 is 46.3 Å². The number of carbonyl (C=O) groups is 2. The Balaban J connectivity index is 1.79. The minimum atomic E-state index is -0.875. The third-order valence-corrected chi connectivity index (χ3v) is 6.92. The van der Waals surface area contributed by atoms with Crippen molar-refractivity contribution in [3.63, 3.8) is 0 Å². The first kappa shape index (κ1) is 25.3. The Kier molecular flexibility index (Phi) is 7.29. The molecular formula is C25H32N3O3S2+. The van der Waals surface area contributed by atoms with E-state index in [-0.39, 0.29) is 29.3 Å². The molecule has 2 aliphatic rings. The van der Waals surface area contributed by atoms with E-state index in [1.165, 1.54) is 22.2 Å². The molecule has 0 spiro atoms. The number of nitrogens with zero attached hydrogens (tertiary/aromatic N) is 3. The Morgan fingerprint density at radius 2 is 1.85 bits per heavy atom. The molecule has 0 aliphatic carbocycles. The molecule has 33 heavy (non-hydrogen) atoms. The smallest absolute Gasteiger partial charge is 0.303 e. The number of hydrogen-bond acceptors (Lipinski definition) is 5. The highest BCUT2D eigenvalue weighted by molar-refractivity contribution is 8.26. The standard InChI is InChI=1S/C25H31N3O3S2/c1-24(2,3)18-15-28(25(4,5)6)26-21(18)17-11-9-16(10-12-17)14-19-22(31)27(23(32)33-19)13-7-8-20(29)30/h9-12,14-15,21H,7-8,13H2,1-6H3/p+1/b19-14-. The maximum Gasteiger partial charge on any atom is 0.303 e. The lowest BCUT2D eigenvalue weighted by molar-refractivity contribution is -0.595. The third-order valence-electron chi connectivity index (χ3n) is 5.55. The molecule has 0 saturated carbocycles. The predicted octanol–water partition coefficient (Wildman–Crippen LogP) is 6.00. The second-order valence-electron chi connectivity index (χ2n) is 10.4. The first-order valence-electron chi connectivity index (χ1n) is 11.1. The summed E-state index contributed by atoms with van der Waals surface area (Å²) in [6.45, 7) is 13.4. The maximum atomic E-state index is 12.7. The summed E-state index contributed by atoms with van der Waals surface area (Å²) in [5.41, 5.74) is 3.19. The highest BCUT2D eigenvalue weighted by Crippen LogP contribution is 2.43. The number of rotatable bonds is 6. The second kappa shape index (κ2) is 9.50. The molecule has 1 N–H and O–H groups in total. The van der Waals surface area contributed by atoms with Crippen LogP contribution < -0.4 is 0 Å². The normalized spacial score (nSPS) is 20.5. The number of hydrogen-bond donors (Lipinski definition) is 1. The van der Waals surface area contributed by atoms with Crippen molar-refractivity contribution in [3.05, 3.63) is 52.1 Å². The molecule has 6 nitrogen and oxygen atoms in total. The number of carbonyl (C=O) groups excluding carboxylic acids is 1. The molecular weight excluding hydrogens is 454 g/mol. The third kappa shape index (κ3) is 5.98. The van der Waals surface area contributed by atoms with Gasteiger partial charge in [-0.15, -0.1) is 0 Å². The van der Waals surface area contributed by atoms with Gasteiger partial charge in [-0.25, -0.2) is 0 Å². The van der Waals surface area contributed by atoms with E-state index in [1.807, 2.05) is 18.2 Å². The number of aliphatic carboxylic acids is 1. The SMILES string of the molecule is CC(C)(C)C1=C[N+](C(C)(C)C)=NC1c1ccc(/C=C2\SC(=S)N(CCCC(=O)O)C2=O)cc1. The zero-order chi connectivity index (χ0) is 24.6. The highest BCUT2D eigenvalue weighted by Gasteiger charge is 2.40. The lowest BCUT2D eigenvalue weighted by Gasteiger charge is -2.22. The van der Waals surface area contributed by atoms with E-state index in [9.17, 15) is 9.59 Å². The molecule has 1 aromatic rings. The van der Waals surface area contributed by atoms with Gasteiger partial charge in [0.05, 0.1) is 4.91 Å². The van der Waals surface area contributed by atoms with Gasteiger partial charge in [0.15, 0.2) is 17.8 Å². The Morgan fingerprint density at radius 3 is 2.39 bits per heavy atom. The van der Waals surface area contributed by atoms with E-state index in [2.05, 4.69) is 64.6 Å². The van der Waals surface area contributed by atoms with Crippen molar-refractivity contribution in [1.29, 1.82) is 0 Å². The zero-order valence-electron chi connectivity index (χ0n) is 20.1. The van der Waals surface area contributed by atoms with E-state index in [0.29, 0.717) is 22.2 Å². The van der Waals surface area contributed by atoms with Crippen LogP contribution >= 0.6 is 24.0 Å². The van der Waals surface area contributed by atoms with Crippen LogP contribution in [0.15, 0.2) is 46.1 Å². The van der Waals surface area contributed by atoms with Crippen LogP contribution in [0.2, 0.25) is 0 Å². The quantitative estimate of drug-likeness (QED) is 0.303. The largest absolute Gasteiger partial charge is 0.481 e. The number of benzene rings is 1. The van der Waals surface area contributed by atoms with Crippen LogP contribution in [-0.4, -0.2) is 43.0 Å². The molecule has 3 rings (SSSR count). The molecule has 8 heteroatoms. The van der Waals surface area contributed by atoms with Crippen molar-refractivity contribution in [2.75, 3.05) is 6.54 Å². The molecule has 0 bridgehead atoms. The van der Waals surface area contributed by atoms with Crippen molar-refractivity contribution in [2.45, 2.75) is 66.0 Å². The zero-order valence-corrected chi connectivity index (χ0v) is 21.7. The van der Waals surface area contributed by atoms with Gasteiger partial charge in [0.1, 0.15) is 4.32 Å². The molecule has 1 saturated heterocycles. The minimum absolute atomic E-state index is 0.0124. The van der Waals surface area contributed by atoms with Crippen molar-refractivity contribution in [1.82, 2.24) is 4.90 Å². The molecule has 1 atom stereocenters. The highest BCUT2D eigenvalue weighted by atomic mass is 32.2. The first-order chi connectivity index (χ1) is 15.3. The summed E-state index contributed by atoms with van der Waals surface area (Å²) in [6.07, 6.45) is 4.41. The average Bonchev–Trinajstić information content (AvgIpc) is 3.26. The Bertz CT molecular complexity index is 1060. The van der Waals surface area contributed by atoms with Gasteiger partial charge in [-0.3, -0.25) is 14.5 Å². The molecule has 2 heterocycles. The summed E-state index contributed by atoms with van der Waals surface area (Å²) in [5, 5.41) is 13.8. The van der Waals surface area contributed by atoms with Gasteiger partial charge in [-0.05, 0) is 34.2 Å². The first-order valence-corrected chi connectivity index (χ1v) is 12.3. The van der Waals surface area contributed by atoms with Gasteiger partial charge >= 0.3 is 5.97 Å². The Hall–Kier alpha value is -2.32. The number of carboxylic acids is 1. The van der Waals surface area contributed by atoms with Crippen LogP contribution in [0.1, 0.15) is 71.6 Å². The molecule has 1 fully saturated rings. The summed E-state index contributed by atoms with van der Waals surface area (Å²) in [7, 11) is 0. The van der Waals surface area contributed by atoms with Crippen molar-refractivity contribution < 1.29 is 19.4 Å². The van der Waals surface area contributed by atoms with Crippen molar-refractivity contribution in [2.24, 2.45) is 10.5 Å². The van der Waals surface area contributed by atoms with Crippen LogP contribution in [0.3, 0.4) is 0 Å². The Labute approximate surface area is 205 Å². The van der Waals surface area contributed by atoms with E-state index in [4.69, 9.17) is 22.4 Å². The van der Waals surface area contributed by atoms with Crippen molar-refractivity contribution in [3.8, 4) is 0 Å². The fourth-order valence-corrected chi connectivity index (χ4v) is 4.95. The van der Waals surface area contributed by atoms with Gasteiger partial charge < -0.3 is 5.11 Å². The summed E-state index contributed by atoms with van der Waals surface area (Å²) in [6, 6.07) is 8.10. The van der Waals surface area contributed by atoms with E-state index in [1.54, 1.807) is 0 Å². The summed E-state index contributed by atoms with van der Waals surface area (Å²) in [5.74, 6) is -1.04. The fourth-order valence-electron chi connectivity index (χ4n) is 3.65. The van der Waals surface area contributed by atoms with Gasteiger partial charge in [-0.2, -0.15) is 0 Å². The number of thioether (sulfide) groups is 1. The van der Waals surface area contributed by atoms with Gasteiger partial charge in [-0.1, -0.05) is 73.7 Å². The number of carboxylic acid groups (broad SMARTS) is 1. The molecule has 1 aromatic carbocycles. The van der Waals surface area contributed by atoms with Gasteiger partial charge in [0, 0.05) is 39.3 Å². The van der Waals surface area contributed by atoms with E-state index >= 15 is 0 Å². The monoisotopic (exact) mass is 486 g/mol. The fraction of sp³-hybridized carbons (Fsp3) is 0.480. The molecule has 0 aromatic heterocycles. The summed E-state index contributed by atoms with van der Waals surface area (Å²) >= 11 is 6.59. The number of azo groups is 2.